The van der Waals surface area contributed by atoms with Crippen LogP contribution in [-0.4, -0.2) is 13.0 Å². The van der Waals surface area contributed by atoms with Crippen LogP contribution < -0.4 is 0 Å². The number of nitrogens with zero attached hydrogens (tertiary/aromatic N) is 2. The molecule has 0 N–H and O–H groups in total. The summed E-state index contributed by atoms with van der Waals surface area (Å²) in [5, 5.41) is 9.51. The van der Waals surface area contributed by atoms with Crippen LogP contribution in [0.4, 0.5) is 0 Å². The molecule has 0 amide bonds. The van der Waals surface area contributed by atoms with E-state index in [0.29, 0.717) is 28.7 Å². The second-order valence-corrected chi connectivity index (χ2v) is 4.79. The minimum atomic E-state index is 0.221. The largest absolute Gasteiger partial charge is 0.566 e. The zero-order valence-electron chi connectivity index (χ0n) is 12.7. The van der Waals surface area contributed by atoms with E-state index in [1.54, 1.807) is 20.8 Å². The van der Waals surface area contributed by atoms with E-state index in [0.717, 1.165) is 11.3 Å². The lowest BCUT2D eigenvalue weighted by atomic mass is 10.0. The van der Waals surface area contributed by atoms with E-state index in [2.05, 4.69) is 11.1 Å². The average Bonchev–Trinajstić information content (AvgIpc) is 2.88. The first-order valence-corrected chi connectivity index (χ1v) is 6.43. The van der Waals surface area contributed by atoms with Crippen molar-refractivity contribution in [3.63, 3.8) is 0 Å². The van der Waals surface area contributed by atoms with Crippen molar-refractivity contribution in [2.24, 2.45) is 0 Å². The lowest BCUT2D eigenvalue weighted by Crippen LogP contribution is -1.98. The third-order valence-electron chi connectivity index (χ3n) is 3.39. The third kappa shape index (κ3) is 2.47. The zero-order valence-corrected chi connectivity index (χ0v) is 12.7. The standard InChI is InChI=1S/C15H15BN2O3/c1-7-8(2)19-9(3)13(7)15(21-16)12(6-17)14-10(4)20-11(5)18-14/h1-5H3. The van der Waals surface area contributed by atoms with Gasteiger partial charge in [-0.15, -0.1) is 0 Å². The summed E-state index contributed by atoms with van der Waals surface area (Å²) in [6.07, 6.45) is 0. The maximum atomic E-state index is 9.51. The van der Waals surface area contributed by atoms with Gasteiger partial charge < -0.3 is 13.5 Å². The summed E-state index contributed by atoms with van der Waals surface area (Å²) in [4.78, 5) is 4.23. The Morgan fingerprint density at radius 1 is 1.10 bits per heavy atom. The predicted octanol–water partition coefficient (Wildman–Crippen LogP) is 3.30. The monoisotopic (exact) mass is 282 g/mol. The van der Waals surface area contributed by atoms with Crippen molar-refractivity contribution in [2.45, 2.75) is 34.6 Å². The molecule has 0 bridgehead atoms. The minimum Gasteiger partial charge on any atom is -0.566 e. The van der Waals surface area contributed by atoms with Crippen LogP contribution in [0, 0.1) is 45.9 Å². The van der Waals surface area contributed by atoms with Crippen LogP contribution in [0.25, 0.3) is 11.3 Å². The molecule has 106 valence electrons. The molecular formula is C15H15BN2O3. The second kappa shape index (κ2) is 5.53. The minimum absolute atomic E-state index is 0.221. The second-order valence-electron chi connectivity index (χ2n) is 4.79. The molecule has 0 saturated heterocycles. The van der Waals surface area contributed by atoms with Gasteiger partial charge in [0.15, 0.2) is 5.89 Å². The molecule has 0 aliphatic carbocycles. The molecule has 0 aliphatic heterocycles. The maximum absolute atomic E-state index is 9.51. The Hall–Kier alpha value is -2.42. The van der Waals surface area contributed by atoms with Crippen LogP contribution in [0.5, 0.6) is 0 Å². The van der Waals surface area contributed by atoms with Crippen LogP contribution >= 0.6 is 0 Å². The average molecular weight is 282 g/mol. The fourth-order valence-corrected chi connectivity index (χ4v) is 2.34. The normalized spacial score (nSPS) is 12.0. The summed E-state index contributed by atoms with van der Waals surface area (Å²) in [7, 11) is 5.41. The maximum Gasteiger partial charge on any atom is 0.374 e. The molecular weight excluding hydrogens is 267 g/mol. The number of rotatable bonds is 3. The van der Waals surface area contributed by atoms with E-state index in [9.17, 15) is 5.26 Å². The quantitative estimate of drug-likeness (QED) is 0.490. The van der Waals surface area contributed by atoms with Crippen LogP contribution in [0.1, 0.15) is 40.0 Å². The molecule has 2 heterocycles. The van der Waals surface area contributed by atoms with Gasteiger partial charge in [-0.2, -0.15) is 5.26 Å². The molecule has 0 spiro atoms. The fourth-order valence-electron chi connectivity index (χ4n) is 2.34. The van der Waals surface area contributed by atoms with Crippen LogP contribution in [0.3, 0.4) is 0 Å². The van der Waals surface area contributed by atoms with Gasteiger partial charge in [-0.25, -0.2) is 4.98 Å². The lowest BCUT2D eigenvalue weighted by Gasteiger charge is -2.09. The summed E-state index contributed by atoms with van der Waals surface area (Å²) in [6.45, 7) is 8.98. The summed E-state index contributed by atoms with van der Waals surface area (Å²) in [5.41, 5.74) is 2.19. The molecule has 0 saturated carbocycles. The zero-order chi connectivity index (χ0) is 15.7. The molecule has 0 aliphatic rings. The highest BCUT2D eigenvalue weighted by Crippen LogP contribution is 2.34. The Morgan fingerprint density at radius 2 is 1.76 bits per heavy atom. The molecule has 0 fully saturated rings. The highest BCUT2D eigenvalue weighted by atomic mass is 16.4. The number of furan rings is 1. The van der Waals surface area contributed by atoms with Gasteiger partial charge >= 0.3 is 8.05 Å². The van der Waals surface area contributed by atoms with Crippen LogP contribution in [0.2, 0.25) is 0 Å². The molecule has 2 aromatic rings. The van der Waals surface area contributed by atoms with E-state index in [1.165, 1.54) is 0 Å². The summed E-state index contributed by atoms with van der Waals surface area (Å²) >= 11 is 0. The number of hydrogen-bond acceptors (Lipinski definition) is 5. The molecule has 2 radical (unpaired) electrons. The van der Waals surface area contributed by atoms with Crippen molar-refractivity contribution in [2.75, 3.05) is 0 Å². The van der Waals surface area contributed by atoms with Gasteiger partial charge in [0.25, 0.3) is 0 Å². The van der Waals surface area contributed by atoms with E-state index in [1.807, 2.05) is 13.8 Å². The molecule has 6 heteroatoms. The summed E-state index contributed by atoms with van der Waals surface area (Å²) < 4.78 is 15.9. The summed E-state index contributed by atoms with van der Waals surface area (Å²) in [5.74, 6) is 2.64. The first-order chi connectivity index (χ1) is 9.90. The molecule has 2 aromatic heterocycles. The van der Waals surface area contributed by atoms with Gasteiger partial charge in [-0.3, -0.25) is 0 Å². The van der Waals surface area contributed by atoms with E-state index < -0.39 is 0 Å². The Morgan fingerprint density at radius 3 is 2.14 bits per heavy atom. The number of hydrogen-bond donors (Lipinski definition) is 0. The van der Waals surface area contributed by atoms with Gasteiger partial charge in [-0.1, -0.05) is 0 Å². The Kier molecular flexibility index (Phi) is 3.94. The number of allylic oxidation sites excluding steroid dienone is 1. The van der Waals surface area contributed by atoms with Gasteiger partial charge in [0.2, 0.25) is 0 Å². The van der Waals surface area contributed by atoms with Gasteiger partial charge in [0.1, 0.15) is 40.4 Å². The van der Waals surface area contributed by atoms with E-state index in [-0.39, 0.29) is 11.3 Å². The van der Waals surface area contributed by atoms with E-state index in [4.69, 9.17) is 21.5 Å². The van der Waals surface area contributed by atoms with Crippen molar-refractivity contribution >= 4 is 19.4 Å². The first kappa shape index (κ1) is 15.0. The molecule has 0 unspecified atom stereocenters. The number of aryl methyl sites for hydroxylation is 4. The third-order valence-corrected chi connectivity index (χ3v) is 3.39. The van der Waals surface area contributed by atoms with Crippen LogP contribution in [0.15, 0.2) is 8.83 Å². The van der Waals surface area contributed by atoms with Crippen molar-refractivity contribution in [3.8, 4) is 6.07 Å². The van der Waals surface area contributed by atoms with Gasteiger partial charge in [-0.05, 0) is 27.7 Å². The van der Waals surface area contributed by atoms with Crippen molar-refractivity contribution < 1.29 is 13.5 Å². The van der Waals surface area contributed by atoms with Gasteiger partial charge in [0, 0.05) is 12.5 Å². The topological polar surface area (TPSA) is 72.2 Å². The van der Waals surface area contributed by atoms with Crippen molar-refractivity contribution in [3.05, 3.63) is 40.0 Å². The lowest BCUT2D eigenvalue weighted by molar-refractivity contribution is 0.493. The molecule has 0 atom stereocenters. The van der Waals surface area contributed by atoms with E-state index >= 15 is 0 Å². The molecule has 21 heavy (non-hydrogen) atoms. The SMILES string of the molecule is [B]OC(=C(C#N)c1nc(C)oc1C)c1c(C)oc(C)c1C. The number of oxazole rings is 1. The Labute approximate surface area is 124 Å². The Bertz CT molecular complexity index is 763. The summed E-state index contributed by atoms with van der Waals surface area (Å²) in [6, 6.07) is 2.10. The molecule has 5 nitrogen and oxygen atoms in total. The van der Waals surface area contributed by atoms with Crippen molar-refractivity contribution in [1.82, 2.24) is 4.98 Å². The first-order valence-electron chi connectivity index (χ1n) is 6.43. The predicted molar refractivity (Wildman–Crippen MR) is 78.2 cm³/mol. The highest BCUT2D eigenvalue weighted by Gasteiger charge is 2.23. The number of aromatic nitrogens is 1. The molecule has 0 aromatic carbocycles. The molecule has 2 rings (SSSR count). The highest BCUT2D eigenvalue weighted by molar-refractivity contribution is 6.06. The van der Waals surface area contributed by atoms with Crippen molar-refractivity contribution in [1.29, 1.82) is 5.26 Å². The fraction of sp³-hybridized carbons (Fsp3) is 0.333. The van der Waals surface area contributed by atoms with Gasteiger partial charge in [0.05, 0.1) is 5.56 Å². The smallest absolute Gasteiger partial charge is 0.374 e. The van der Waals surface area contributed by atoms with Crippen LogP contribution in [-0.2, 0) is 4.65 Å². The number of nitriles is 1. The Balaban J connectivity index is 2.77.